The third-order valence-electron chi connectivity index (χ3n) is 6.85. The Kier molecular flexibility index (Phi) is 11.3. The molecule has 1 N–H and O–H groups in total. The van der Waals surface area contributed by atoms with Gasteiger partial charge in [0.25, 0.3) is 0 Å². The van der Waals surface area contributed by atoms with Gasteiger partial charge in [-0.1, -0.05) is 19.3 Å². The molecule has 2 saturated heterocycles. The minimum Gasteiger partial charge on any atom is -0.469 e. The van der Waals surface area contributed by atoms with Crippen LogP contribution in [-0.4, -0.2) is 98.7 Å². The normalized spacial score (nSPS) is 21.0. The molecule has 0 atom stereocenters. The quantitative estimate of drug-likeness (QED) is 0.307. The highest BCUT2D eigenvalue weighted by atomic mass is 127. The summed E-state index contributed by atoms with van der Waals surface area (Å²) in [6.45, 7) is 8.55. The van der Waals surface area contributed by atoms with Gasteiger partial charge in [0.05, 0.1) is 26.0 Å². The number of morpholine rings is 1. The Morgan fingerprint density at radius 2 is 1.79 bits per heavy atom. The molecule has 3 aliphatic rings. The van der Waals surface area contributed by atoms with Crippen molar-refractivity contribution in [2.75, 3.05) is 72.1 Å². The number of nitrogens with one attached hydrogen (secondary N) is 1. The summed E-state index contributed by atoms with van der Waals surface area (Å²) in [7, 11) is 0. The van der Waals surface area contributed by atoms with E-state index in [0.717, 1.165) is 76.4 Å². The summed E-state index contributed by atoms with van der Waals surface area (Å²) in [5, 5.41) is 3.58. The fourth-order valence-corrected chi connectivity index (χ4v) is 4.83. The maximum Gasteiger partial charge on any atom is 0.236 e. The van der Waals surface area contributed by atoms with Crippen LogP contribution in [0.4, 0.5) is 0 Å². The Bertz CT molecular complexity index is 710. The van der Waals surface area contributed by atoms with Gasteiger partial charge < -0.3 is 24.3 Å². The van der Waals surface area contributed by atoms with Crippen LogP contribution in [0.15, 0.2) is 27.8 Å². The van der Waals surface area contributed by atoms with Crippen LogP contribution in [0.3, 0.4) is 0 Å². The van der Waals surface area contributed by atoms with Crippen molar-refractivity contribution in [2.24, 2.45) is 10.9 Å². The molecule has 0 unspecified atom stereocenters. The van der Waals surface area contributed by atoms with Gasteiger partial charge in [-0.05, 0) is 30.9 Å². The third kappa shape index (κ3) is 8.43. The van der Waals surface area contributed by atoms with E-state index in [9.17, 15) is 4.79 Å². The number of ether oxygens (including phenoxy) is 1. The number of hydrogen-bond acceptors (Lipinski definition) is 5. The van der Waals surface area contributed by atoms with E-state index >= 15 is 0 Å². The van der Waals surface area contributed by atoms with Gasteiger partial charge in [-0.15, -0.1) is 24.0 Å². The van der Waals surface area contributed by atoms with Crippen LogP contribution in [0, 0.1) is 5.92 Å². The molecule has 33 heavy (non-hydrogen) atoms. The van der Waals surface area contributed by atoms with Crippen molar-refractivity contribution in [1.29, 1.82) is 0 Å². The average Bonchev–Trinajstić information content (AvgIpc) is 3.37. The molecule has 186 valence electrons. The number of hydrogen-bond donors (Lipinski definition) is 1. The topological polar surface area (TPSA) is 73.6 Å². The number of carbonyl (C=O) groups is 1. The van der Waals surface area contributed by atoms with Crippen molar-refractivity contribution in [3.05, 3.63) is 24.2 Å². The van der Waals surface area contributed by atoms with Crippen molar-refractivity contribution in [3.63, 3.8) is 0 Å². The molecule has 0 spiro atoms. The van der Waals surface area contributed by atoms with Crippen LogP contribution in [0.5, 0.6) is 0 Å². The van der Waals surface area contributed by atoms with Gasteiger partial charge in [0.2, 0.25) is 5.91 Å². The van der Waals surface area contributed by atoms with Gasteiger partial charge in [0.15, 0.2) is 5.96 Å². The minimum atomic E-state index is 0. The van der Waals surface area contributed by atoms with E-state index in [1.807, 2.05) is 17.0 Å². The second-order valence-corrected chi connectivity index (χ2v) is 9.18. The maximum absolute atomic E-state index is 12.6. The largest absolute Gasteiger partial charge is 0.469 e. The highest BCUT2D eigenvalue weighted by Gasteiger charge is 2.24. The zero-order chi connectivity index (χ0) is 22.0. The lowest BCUT2D eigenvalue weighted by Crippen LogP contribution is -2.55. The van der Waals surface area contributed by atoms with Crippen molar-refractivity contribution in [3.8, 4) is 0 Å². The molecule has 1 aromatic heterocycles. The van der Waals surface area contributed by atoms with Gasteiger partial charge in [0.1, 0.15) is 5.76 Å². The Labute approximate surface area is 215 Å². The molecule has 9 heteroatoms. The first-order valence-electron chi connectivity index (χ1n) is 12.4. The predicted octanol–water partition coefficient (Wildman–Crippen LogP) is 2.44. The molecule has 8 nitrogen and oxygen atoms in total. The minimum absolute atomic E-state index is 0. The lowest BCUT2D eigenvalue weighted by molar-refractivity contribution is -0.136. The number of nitrogens with zero attached hydrogens (tertiary/aromatic N) is 4. The summed E-state index contributed by atoms with van der Waals surface area (Å²) >= 11 is 0. The summed E-state index contributed by atoms with van der Waals surface area (Å²) < 4.78 is 10.8. The summed E-state index contributed by atoms with van der Waals surface area (Å²) in [5.41, 5.74) is 0. The van der Waals surface area contributed by atoms with E-state index < -0.39 is 0 Å². The molecule has 3 fully saturated rings. The van der Waals surface area contributed by atoms with Gasteiger partial charge >= 0.3 is 0 Å². The van der Waals surface area contributed by atoms with Gasteiger partial charge in [-0.2, -0.15) is 0 Å². The second kappa shape index (κ2) is 14.2. The van der Waals surface area contributed by atoms with Crippen molar-refractivity contribution in [2.45, 2.75) is 38.5 Å². The first-order valence-corrected chi connectivity index (χ1v) is 12.4. The number of furan rings is 1. The van der Waals surface area contributed by atoms with Crippen LogP contribution in [0.25, 0.3) is 0 Å². The van der Waals surface area contributed by atoms with Gasteiger partial charge in [-0.3, -0.25) is 14.7 Å². The van der Waals surface area contributed by atoms with Gasteiger partial charge in [0, 0.05) is 58.8 Å². The highest BCUT2D eigenvalue weighted by molar-refractivity contribution is 14.0. The van der Waals surface area contributed by atoms with Gasteiger partial charge in [-0.25, -0.2) is 0 Å². The number of halogens is 1. The van der Waals surface area contributed by atoms with Crippen LogP contribution in [0.2, 0.25) is 0 Å². The Morgan fingerprint density at radius 3 is 2.48 bits per heavy atom. The SMILES string of the molecule is I.O=C(CN1CCN(C(=NCC2CCCCC2)NCCc2ccco2)CC1)N1CCOCC1. The first kappa shape index (κ1) is 26.3. The predicted molar refractivity (Wildman–Crippen MR) is 140 cm³/mol. The zero-order valence-electron chi connectivity index (χ0n) is 19.8. The molecule has 1 aromatic rings. The maximum atomic E-state index is 12.6. The molecule has 1 amide bonds. The molecule has 3 heterocycles. The molecule has 1 aliphatic carbocycles. The van der Waals surface area contributed by atoms with E-state index in [1.54, 1.807) is 6.26 Å². The van der Waals surface area contributed by atoms with E-state index in [1.165, 1.54) is 32.1 Å². The van der Waals surface area contributed by atoms with E-state index in [0.29, 0.717) is 19.8 Å². The van der Waals surface area contributed by atoms with Crippen LogP contribution in [-0.2, 0) is 16.0 Å². The smallest absolute Gasteiger partial charge is 0.236 e. The Hall–Kier alpha value is -1.33. The zero-order valence-corrected chi connectivity index (χ0v) is 22.1. The van der Waals surface area contributed by atoms with Crippen LogP contribution >= 0.6 is 24.0 Å². The molecule has 2 aliphatic heterocycles. The molecule has 4 rings (SSSR count). The Morgan fingerprint density at radius 1 is 1.03 bits per heavy atom. The average molecular weight is 574 g/mol. The number of rotatable bonds is 7. The molecular weight excluding hydrogens is 533 g/mol. The fraction of sp³-hybridized carbons (Fsp3) is 0.750. The Balaban J connectivity index is 0.00000306. The molecule has 1 saturated carbocycles. The van der Waals surface area contributed by atoms with E-state index in [2.05, 4.69) is 15.1 Å². The second-order valence-electron chi connectivity index (χ2n) is 9.18. The lowest BCUT2D eigenvalue weighted by Gasteiger charge is -2.37. The summed E-state index contributed by atoms with van der Waals surface area (Å²) in [6, 6.07) is 3.95. The molecule has 0 bridgehead atoms. The number of guanidine groups is 1. The number of carbonyl (C=O) groups excluding carboxylic acids is 1. The first-order chi connectivity index (χ1) is 15.8. The van der Waals surface area contributed by atoms with Crippen LogP contribution in [0.1, 0.15) is 37.9 Å². The number of piperazine rings is 1. The van der Waals surface area contributed by atoms with Crippen molar-refractivity contribution < 1.29 is 13.9 Å². The third-order valence-corrected chi connectivity index (χ3v) is 6.85. The van der Waals surface area contributed by atoms with E-state index in [-0.39, 0.29) is 29.9 Å². The van der Waals surface area contributed by atoms with Crippen molar-refractivity contribution in [1.82, 2.24) is 20.0 Å². The molecule has 0 aromatic carbocycles. The number of amides is 1. The molecular formula is C24H40IN5O3. The number of aliphatic imine (C=N–C) groups is 1. The summed E-state index contributed by atoms with van der Waals surface area (Å²) in [5.74, 6) is 2.96. The van der Waals surface area contributed by atoms with Crippen LogP contribution < -0.4 is 5.32 Å². The fourth-order valence-electron chi connectivity index (χ4n) is 4.83. The standard InChI is InChI=1S/C24H39N5O3.HI/c30-23(28-14-17-31-18-15-28)20-27-10-12-29(13-11-27)24(25-9-8-22-7-4-16-32-22)26-19-21-5-2-1-3-6-21;/h4,7,16,21H,1-3,5-6,8-15,17-20H2,(H,25,26);1H. The molecule has 0 radical (unpaired) electrons. The monoisotopic (exact) mass is 573 g/mol. The summed E-state index contributed by atoms with van der Waals surface area (Å²) in [4.78, 5) is 24.2. The lowest BCUT2D eigenvalue weighted by atomic mass is 9.89. The highest BCUT2D eigenvalue weighted by Crippen LogP contribution is 2.23. The summed E-state index contributed by atoms with van der Waals surface area (Å²) in [6.07, 6.45) is 9.25. The van der Waals surface area contributed by atoms with E-state index in [4.69, 9.17) is 14.1 Å². The van der Waals surface area contributed by atoms with Crippen molar-refractivity contribution >= 4 is 35.8 Å².